The van der Waals surface area contributed by atoms with Crippen LogP contribution in [-0.4, -0.2) is 135 Å². The molecule has 0 aromatic carbocycles. The molecule has 0 aliphatic carbocycles. The van der Waals surface area contributed by atoms with E-state index >= 15 is 0 Å². The molecule has 47 heavy (non-hydrogen) atoms. The van der Waals surface area contributed by atoms with Crippen molar-refractivity contribution in [2.75, 3.05) is 33.0 Å². The number of hydrogen-bond acceptors (Lipinski definition) is 18. The Balaban J connectivity index is 2.59. The van der Waals surface area contributed by atoms with Gasteiger partial charge in [-0.15, -0.1) is 0 Å². The predicted octanol–water partition coefficient (Wildman–Crippen LogP) is -0.521. The van der Waals surface area contributed by atoms with E-state index in [4.69, 9.17) is 52.1 Å². The van der Waals surface area contributed by atoms with E-state index in [1.54, 1.807) is 0 Å². The van der Waals surface area contributed by atoms with Crippen LogP contribution < -0.4 is 0 Å². The van der Waals surface area contributed by atoms with Crippen LogP contribution in [0.2, 0.25) is 0 Å². The number of aliphatic hydroxyl groups excluding tert-OH is 1. The largest absolute Gasteiger partial charge is 0.463 e. The molecule has 18 heteroatoms. The van der Waals surface area contributed by atoms with Gasteiger partial charge in [-0.25, -0.2) is 0 Å². The van der Waals surface area contributed by atoms with Crippen LogP contribution in [0.4, 0.5) is 0 Å². The topological polar surface area (TPSA) is 224 Å². The van der Waals surface area contributed by atoms with Gasteiger partial charge in [-0.2, -0.15) is 0 Å². The van der Waals surface area contributed by atoms with Gasteiger partial charge in [0.2, 0.25) is 0 Å². The Labute approximate surface area is 271 Å². The molecule has 0 aromatic rings. The summed E-state index contributed by atoms with van der Waals surface area (Å²) in [6, 6.07) is 0. The van der Waals surface area contributed by atoms with E-state index in [0.29, 0.717) is 6.61 Å². The van der Waals surface area contributed by atoms with Gasteiger partial charge in [-0.3, -0.25) is 28.8 Å². The van der Waals surface area contributed by atoms with Crippen molar-refractivity contribution in [2.45, 2.75) is 116 Å². The fourth-order valence-corrected chi connectivity index (χ4v) is 4.76. The van der Waals surface area contributed by atoms with E-state index in [0.717, 1.165) is 48.0 Å². The molecule has 2 heterocycles. The molecule has 0 saturated carbocycles. The highest BCUT2D eigenvalue weighted by atomic mass is 16.8. The Morgan fingerprint density at radius 3 is 1.57 bits per heavy atom. The third-order valence-electron chi connectivity index (χ3n) is 6.47. The number of rotatable bonds is 16. The summed E-state index contributed by atoms with van der Waals surface area (Å²) in [7, 11) is 0. The van der Waals surface area contributed by atoms with Gasteiger partial charge in [0.15, 0.2) is 43.1 Å². The Morgan fingerprint density at radius 1 is 0.553 bits per heavy atom. The number of carbonyl (C=O) groups is 6. The van der Waals surface area contributed by atoms with Gasteiger partial charge in [-0.1, -0.05) is 6.92 Å². The molecule has 2 saturated heterocycles. The van der Waals surface area contributed by atoms with Crippen LogP contribution in [0.1, 0.15) is 54.9 Å². The number of aliphatic hydroxyl groups is 1. The normalized spacial score (nSPS) is 30.4. The highest BCUT2D eigenvalue weighted by Crippen LogP contribution is 2.34. The lowest BCUT2D eigenvalue weighted by atomic mass is 9.96. The Hall–Kier alpha value is -3.42. The molecular weight excluding hydrogens is 636 g/mol. The second-order valence-electron chi connectivity index (χ2n) is 10.6. The summed E-state index contributed by atoms with van der Waals surface area (Å²) in [5, 5.41) is 11.2. The molecule has 10 atom stereocenters. The first kappa shape index (κ1) is 39.8. The summed E-state index contributed by atoms with van der Waals surface area (Å²) in [5.74, 6) is -4.83. The molecule has 18 nitrogen and oxygen atoms in total. The van der Waals surface area contributed by atoms with E-state index in [2.05, 4.69) is 0 Å². The van der Waals surface area contributed by atoms with Gasteiger partial charge >= 0.3 is 35.8 Å². The fourth-order valence-electron chi connectivity index (χ4n) is 4.76. The zero-order valence-electron chi connectivity index (χ0n) is 27.4. The minimum atomic E-state index is -1.73. The summed E-state index contributed by atoms with van der Waals surface area (Å²) < 4.78 is 61.2. The minimum Gasteiger partial charge on any atom is -0.463 e. The summed E-state index contributed by atoms with van der Waals surface area (Å²) in [6.07, 6.45) is -14.5. The molecule has 268 valence electrons. The maximum atomic E-state index is 12.3. The predicted molar refractivity (Wildman–Crippen MR) is 151 cm³/mol. The van der Waals surface area contributed by atoms with Crippen molar-refractivity contribution in [1.29, 1.82) is 0 Å². The Morgan fingerprint density at radius 2 is 1.04 bits per heavy atom. The molecule has 0 amide bonds. The molecule has 0 radical (unpaired) electrons. The molecule has 2 aliphatic rings. The van der Waals surface area contributed by atoms with Crippen molar-refractivity contribution in [1.82, 2.24) is 0 Å². The average Bonchev–Trinajstić information content (AvgIpc) is 2.96. The van der Waals surface area contributed by atoms with Gasteiger partial charge in [0.05, 0.1) is 13.2 Å². The molecule has 0 spiro atoms. The lowest BCUT2D eigenvalue weighted by molar-refractivity contribution is -0.368. The summed E-state index contributed by atoms with van der Waals surface area (Å²) in [4.78, 5) is 71.9. The van der Waals surface area contributed by atoms with Crippen molar-refractivity contribution >= 4 is 35.8 Å². The first-order valence-corrected chi connectivity index (χ1v) is 14.9. The number of esters is 6. The van der Waals surface area contributed by atoms with Crippen LogP contribution in [0.25, 0.3) is 0 Å². The van der Waals surface area contributed by atoms with Crippen molar-refractivity contribution in [3.05, 3.63) is 0 Å². The second-order valence-corrected chi connectivity index (χ2v) is 10.6. The molecule has 1 N–H and O–H groups in total. The molecule has 2 aliphatic heterocycles. The molecule has 2 rings (SSSR count). The van der Waals surface area contributed by atoms with Gasteiger partial charge in [-0.05, 0) is 6.42 Å². The number of hydrogen-bond donors (Lipinski definition) is 1. The SMILES string of the molecule is CCCOCCO[C@H]1O[C@@H](COC(C)=O)[C@@H](O)[C@H](OC(C)=O)[C@@H]1O[C@H]1O[C@H](COC(C)=O)[C@@H](OC(C)=O)[C@H](OC(C)=O)[C@@H]1OC(C)=O. The van der Waals surface area contributed by atoms with Crippen molar-refractivity contribution in [3.63, 3.8) is 0 Å². The molecular formula is C29H44O18. The summed E-state index contributed by atoms with van der Waals surface area (Å²) in [6.45, 7) is 7.89. The lowest BCUT2D eigenvalue weighted by Gasteiger charge is -2.48. The third kappa shape index (κ3) is 13.0. The van der Waals surface area contributed by atoms with E-state index in [9.17, 15) is 33.9 Å². The fraction of sp³-hybridized carbons (Fsp3) is 0.793. The highest BCUT2D eigenvalue weighted by molar-refractivity contribution is 5.69. The van der Waals surface area contributed by atoms with Crippen LogP contribution in [0.15, 0.2) is 0 Å². The highest BCUT2D eigenvalue weighted by Gasteiger charge is 2.56. The number of ether oxygens (including phenoxy) is 11. The first-order valence-electron chi connectivity index (χ1n) is 14.9. The quantitative estimate of drug-likeness (QED) is 0.123. The maximum absolute atomic E-state index is 12.3. The van der Waals surface area contributed by atoms with E-state index in [1.165, 1.54) is 0 Å². The van der Waals surface area contributed by atoms with E-state index < -0.39 is 110 Å². The Kier molecular flexibility index (Phi) is 16.4. The Bertz CT molecular complexity index is 1080. The standard InChI is InChI=1S/C29H44O18/c1-8-9-37-10-11-38-28-26(24(42-17(5)33)22(36)20(45-28)12-39-14(2)30)47-29-27(44-19(7)35)25(43-18(6)34)23(41-16(4)32)21(46-29)13-40-15(3)31/h20-29,36H,8-13H2,1-7H3/t20-,21+,22+,23+,24-,25-,26-,27-,28-,29+/m0/s1. The maximum Gasteiger partial charge on any atom is 0.303 e. The molecule has 2 fully saturated rings. The van der Waals surface area contributed by atoms with Gasteiger partial charge in [0.1, 0.15) is 31.5 Å². The van der Waals surface area contributed by atoms with Gasteiger partial charge in [0.25, 0.3) is 0 Å². The van der Waals surface area contributed by atoms with Crippen LogP contribution >= 0.6 is 0 Å². The molecule has 0 unspecified atom stereocenters. The number of carbonyl (C=O) groups excluding carboxylic acids is 6. The van der Waals surface area contributed by atoms with Crippen LogP contribution in [0, 0.1) is 0 Å². The lowest BCUT2D eigenvalue weighted by Crippen LogP contribution is -2.67. The van der Waals surface area contributed by atoms with Gasteiger partial charge in [0, 0.05) is 48.1 Å². The van der Waals surface area contributed by atoms with Gasteiger partial charge < -0.3 is 57.2 Å². The second kappa shape index (κ2) is 19.4. The first-order chi connectivity index (χ1) is 22.1. The zero-order valence-corrected chi connectivity index (χ0v) is 27.4. The van der Waals surface area contributed by atoms with Crippen molar-refractivity contribution in [2.24, 2.45) is 0 Å². The average molecular weight is 681 g/mol. The van der Waals surface area contributed by atoms with Crippen LogP contribution in [0.3, 0.4) is 0 Å². The molecule has 0 bridgehead atoms. The molecule has 0 aromatic heterocycles. The summed E-state index contributed by atoms with van der Waals surface area (Å²) in [5.41, 5.74) is 0. The van der Waals surface area contributed by atoms with Crippen molar-refractivity contribution < 1.29 is 86.0 Å². The van der Waals surface area contributed by atoms with Crippen LogP contribution in [-0.2, 0) is 80.9 Å². The zero-order chi connectivity index (χ0) is 35.3. The third-order valence-corrected chi connectivity index (χ3v) is 6.47. The smallest absolute Gasteiger partial charge is 0.303 e. The van der Waals surface area contributed by atoms with Crippen LogP contribution in [0.5, 0.6) is 0 Å². The summed E-state index contributed by atoms with van der Waals surface area (Å²) >= 11 is 0. The van der Waals surface area contributed by atoms with E-state index in [1.807, 2.05) is 6.92 Å². The minimum absolute atomic E-state index is 0.0771. The van der Waals surface area contributed by atoms with E-state index in [-0.39, 0.29) is 13.2 Å². The van der Waals surface area contributed by atoms with Crippen molar-refractivity contribution in [3.8, 4) is 0 Å². The monoisotopic (exact) mass is 680 g/mol.